The molecule has 5 nitrogen and oxygen atoms in total. The van der Waals surface area contributed by atoms with E-state index in [0.29, 0.717) is 22.3 Å². The number of hydrogen-bond acceptors (Lipinski definition) is 6. The van der Waals surface area contributed by atoms with Crippen LogP contribution in [-0.2, 0) is 0 Å². The lowest BCUT2D eigenvalue weighted by atomic mass is 10.2. The summed E-state index contributed by atoms with van der Waals surface area (Å²) in [4.78, 5) is 18.8. The number of nitrogens with zero attached hydrogens (tertiary/aromatic N) is 2. The second-order valence-corrected chi connectivity index (χ2v) is 6.53. The number of carbonyl (C=O) groups excluding carboxylic acids is 1. The lowest BCUT2D eigenvalue weighted by molar-refractivity contribution is 0.102. The van der Waals surface area contributed by atoms with Crippen LogP contribution in [0.5, 0.6) is 5.75 Å². The van der Waals surface area contributed by atoms with Crippen molar-refractivity contribution < 1.29 is 9.53 Å². The lowest BCUT2D eigenvalue weighted by Gasteiger charge is -2.06. The van der Waals surface area contributed by atoms with Gasteiger partial charge in [0.05, 0.1) is 17.6 Å². The van der Waals surface area contributed by atoms with Crippen LogP contribution in [-0.4, -0.2) is 22.4 Å². The summed E-state index contributed by atoms with van der Waals surface area (Å²) in [5.41, 5.74) is 0.466. The number of benzene rings is 1. The highest BCUT2D eigenvalue weighted by atomic mass is 32.1. The van der Waals surface area contributed by atoms with Gasteiger partial charge in [0.25, 0.3) is 5.91 Å². The summed E-state index contributed by atoms with van der Waals surface area (Å²) in [7, 11) is 1.54. The van der Waals surface area contributed by atoms with Crippen molar-refractivity contribution in [3.63, 3.8) is 0 Å². The van der Waals surface area contributed by atoms with Crippen LogP contribution < -0.4 is 10.1 Å². The van der Waals surface area contributed by atoms with Crippen molar-refractivity contribution >= 4 is 33.9 Å². The maximum atomic E-state index is 12.3. The molecule has 0 unspecified atom stereocenters. The third-order valence-electron chi connectivity index (χ3n) is 2.96. The fourth-order valence-corrected chi connectivity index (χ4v) is 3.36. The molecule has 0 atom stereocenters. The van der Waals surface area contributed by atoms with Gasteiger partial charge in [-0.25, -0.2) is 0 Å². The maximum Gasteiger partial charge on any atom is 0.261 e. The first-order chi connectivity index (χ1) is 10.7. The molecular formula is C15H13N3O2S2. The van der Waals surface area contributed by atoms with Crippen LogP contribution in [0, 0.1) is 6.92 Å². The number of aryl methyl sites for hydroxylation is 1. The standard InChI is InChI=1S/C15H13N3O2S2/c1-9-7-8-12(21-9)13-16-15(22-18-13)17-14(19)10-5-3-4-6-11(10)20-2/h3-8H,1-2H3,(H,16,17,18,19). The smallest absolute Gasteiger partial charge is 0.261 e. The Labute approximate surface area is 135 Å². The van der Waals surface area contributed by atoms with Crippen LogP contribution in [0.2, 0.25) is 0 Å². The fourth-order valence-electron chi connectivity index (χ4n) is 1.93. The van der Waals surface area contributed by atoms with Crippen LogP contribution in [0.15, 0.2) is 36.4 Å². The average Bonchev–Trinajstić information content (AvgIpc) is 3.16. The van der Waals surface area contributed by atoms with Crippen molar-refractivity contribution in [3.8, 4) is 16.5 Å². The summed E-state index contributed by atoms with van der Waals surface area (Å²) in [6, 6.07) is 11.1. The van der Waals surface area contributed by atoms with Crippen molar-refractivity contribution in [2.75, 3.05) is 12.4 Å². The van der Waals surface area contributed by atoms with Gasteiger partial charge in [-0.15, -0.1) is 11.3 Å². The van der Waals surface area contributed by atoms with E-state index in [4.69, 9.17) is 4.74 Å². The van der Waals surface area contributed by atoms with E-state index < -0.39 is 0 Å². The molecule has 0 aliphatic rings. The quantitative estimate of drug-likeness (QED) is 0.789. The number of rotatable bonds is 4. The Kier molecular flexibility index (Phi) is 4.17. The van der Waals surface area contributed by atoms with Crippen LogP contribution in [0.1, 0.15) is 15.2 Å². The van der Waals surface area contributed by atoms with Gasteiger partial charge in [-0.2, -0.15) is 9.36 Å². The first kappa shape index (κ1) is 14.7. The van der Waals surface area contributed by atoms with E-state index in [-0.39, 0.29) is 5.91 Å². The number of hydrogen-bond donors (Lipinski definition) is 1. The van der Waals surface area contributed by atoms with Gasteiger partial charge in [-0.1, -0.05) is 12.1 Å². The van der Waals surface area contributed by atoms with Crippen LogP contribution in [0.4, 0.5) is 5.13 Å². The molecule has 22 heavy (non-hydrogen) atoms. The molecule has 3 rings (SSSR count). The molecule has 1 N–H and O–H groups in total. The van der Waals surface area contributed by atoms with E-state index in [0.717, 1.165) is 16.4 Å². The first-order valence-corrected chi connectivity index (χ1v) is 8.11. The number of aromatic nitrogens is 2. The van der Waals surface area contributed by atoms with Gasteiger partial charge in [-0.3, -0.25) is 10.1 Å². The lowest BCUT2D eigenvalue weighted by Crippen LogP contribution is -2.12. The predicted molar refractivity (Wildman–Crippen MR) is 88.9 cm³/mol. The molecule has 0 saturated heterocycles. The third kappa shape index (κ3) is 3.00. The molecule has 2 heterocycles. The van der Waals surface area contributed by atoms with Crippen molar-refractivity contribution in [3.05, 3.63) is 46.8 Å². The number of para-hydroxylation sites is 1. The highest BCUT2D eigenvalue weighted by molar-refractivity contribution is 7.15. The number of methoxy groups -OCH3 is 1. The molecule has 0 saturated carbocycles. The van der Waals surface area contributed by atoms with Gasteiger partial charge in [0.15, 0.2) is 5.82 Å². The summed E-state index contributed by atoms with van der Waals surface area (Å²) in [5.74, 6) is 0.902. The minimum absolute atomic E-state index is 0.262. The molecular weight excluding hydrogens is 318 g/mol. The second-order valence-electron chi connectivity index (χ2n) is 4.49. The largest absolute Gasteiger partial charge is 0.496 e. The Morgan fingerprint density at radius 3 is 2.77 bits per heavy atom. The number of nitrogens with one attached hydrogen (secondary N) is 1. The predicted octanol–water partition coefficient (Wildman–Crippen LogP) is 3.84. The van der Waals surface area contributed by atoms with Gasteiger partial charge in [0.2, 0.25) is 5.13 Å². The molecule has 1 aromatic carbocycles. The molecule has 1 amide bonds. The Hall–Kier alpha value is -2.25. The van der Waals surface area contributed by atoms with Gasteiger partial charge in [0, 0.05) is 16.4 Å². The van der Waals surface area contributed by atoms with Crippen LogP contribution in [0.3, 0.4) is 0 Å². The minimum atomic E-state index is -0.262. The summed E-state index contributed by atoms with van der Waals surface area (Å²) in [6.07, 6.45) is 0. The van der Waals surface area contributed by atoms with E-state index in [2.05, 4.69) is 14.7 Å². The van der Waals surface area contributed by atoms with Crippen molar-refractivity contribution in [1.82, 2.24) is 9.36 Å². The van der Waals surface area contributed by atoms with Crippen LogP contribution >= 0.6 is 22.9 Å². The molecule has 112 valence electrons. The summed E-state index contributed by atoms with van der Waals surface area (Å²) in [5, 5.41) is 3.23. The monoisotopic (exact) mass is 331 g/mol. The number of ether oxygens (including phenoxy) is 1. The molecule has 0 spiro atoms. The van der Waals surface area contributed by atoms with Gasteiger partial charge < -0.3 is 4.74 Å². The number of carbonyl (C=O) groups is 1. The maximum absolute atomic E-state index is 12.3. The molecule has 0 aliphatic heterocycles. The summed E-state index contributed by atoms with van der Waals surface area (Å²) >= 11 is 2.79. The highest BCUT2D eigenvalue weighted by Gasteiger charge is 2.15. The average molecular weight is 331 g/mol. The Morgan fingerprint density at radius 1 is 1.23 bits per heavy atom. The molecule has 0 bridgehead atoms. The SMILES string of the molecule is COc1ccccc1C(=O)Nc1nc(-c2ccc(C)s2)ns1. The Morgan fingerprint density at radius 2 is 2.05 bits per heavy atom. The zero-order chi connectivity index (χ0) is 15.5. The normalized spacial score (nSPS) is 10.5. The topological polar surface area (TPSA) is 64.1 Å². The molecule has 0 radical (unpaired) electrons. The van der Waals surface area contributed by atoms with E-state index >= 15 is 0 Å². The van der Waals surface area contributed by atoms with Gasteiger partial charge in [0.1, 0.15) is 5.75 Å². The van der Waals surface area contributed by atoms with Gasteiger partial charge in [-0.05, 0) is 31.2 Å². The molecule has 3 aromatic rings. The molecule has 7 heteroatoms. The first-order valence-electron chi connectivity index (χ1n) is 6.52. The highest BCUT2D eigenvalue weighted by Crippen LogP contribution is 2.28. The fraction of sp³-hybridized carbons (Fsp3) is 0.133. The Bertz CT molecular complexity index is 810. The summed E-state index contributed by atoms with van der Waals surface area (Å²) < 4.78 is 9.47. The Balaban J connectivity index is 1.79. The van der Waals surface area contributed by atoms with E-state index in [9.17, 15) is 4.79 Å². The number of thiophene rings is 1. The van der Waals surface area contributed by atoms with E-state index in [1.165, 1.54) is 12.0 Å². The van der Waals surface area contributed by atoms with Gasteiger partial charge >= 0.3 is 0 Å². The molecule has 0 fully saturated rings. The van der Waals surface area contributed by atoms with Crippen molar-refractivity contribution in [2.24, 2.45) is 0 Å². The van der Waals surface area contributed by atoms with Crippen molar-refractivity contribution in [2.45, 2.75) is 6.92 Å². The molecule has 2 aromatic heterocycles. The minimum Gasteiger partial charge on any atom is -0.496 e. The summed E-state index contributed by atoms with van der Waals surface area (Å²) in [6.45, 7) is 2.03. The zero-order valence-corrected chi connectivity index (χ0v) is 13.6. The van der Waals surface area contributed by atoms with E-state index in [1.807, 2.05) is 25.1 Å². The van der Waals surface area contributed by atoms with Crippen molar-refractivity contribution in [1.29, 1.82) is 0 Å². The molecule has 0 aliphatic carbocycles. The number of anilines is 1. The zero-order valence-electron chi connectivity index (χ0n) is 12.0. The second kappa shape index (κ2) is 6.25. The van der Waals surface area contributed by atoms with Crippen LogP contribution in [0.25, 0.3) is 10.7 Å². The van der Waals surface area contributed by atoms with E-state index in [1.54, 1.807) is 29.5 Å². The number of amides is 1. The third-order valence-corrected chi connectivity index (χ3v) is 4.59.